The van der Waals surface area contributed by atoms with E-state index in [0.29, 0.717) is 13.0 Å². The zero-order valence-corrected chi connectivity index (χ0v) is 11.0. The van der Waals surface area contributed by atoms with Gasteiger partial charge >= 0.3 is 0 Å². The first-order valence-electron chi connectivity index (χ1n) is 6.31. The van der Waals surface area contributed by atoms with Gasteiger partial charge in [-0.2, -0.15) is 0 Å². The molecule has 1 amide bonds. The second-order valence-corrected chi connectivity index (χ2v) is 7.58. The van der Waals surface area contributed by atoms with Crippen LogP contribution in [0.3, 0.4) is 0 Å². The molecule has 0 aromatic carbocycles. The third-order valence-corrected chi connectivity index (χ3v) is 6.01. The van der Waals surface area contributed by atoms with Crippen LogP contribution in [0.5, 0.6) is 0 Å². The zero-order chi connectivity index (χ0) is 13.8. The van der Waals surface area contributed by atoms with Crippen LogP contribution in [0.2, 0.25) is 0 Å². The number of carbonyl (C=O) groups excluding carboxylic acids is 1. The van der Waals surface area contributed by atoms with E-state index in [-0.39, 0.29) is 31.3 Å². The lowest BCUT2D eigenvalue weighted by molar-refractivity contribution is -0.122. The molecule has 1 saturated heterocycles. The summed E-state index contributed by atoms with van der Waals surface area (Å²) in [6, 6.07) is 0. The largest absolute Gasteiger partial charge is 0.380 e. The second kappa shape index (κ2) is 4.12. The van der Waals surface area contributed by atoms with Crippen molar-refractivity contribution in [3.05, 3.63) is 0 Å². The molecular formula is C11H15F2NO4S. The van der Waals surface area contributed by atoms with Gasteiger partial charge in [-0.1, -0.05) is 0 Å². The normalized spacial score (nSPS) is 39.9. The summed E-state index contributed by atoms with van der Waals surface area (Å²) in [5.74, 6) is -4.59. The fraction of sp³-hybridized carbons (Fsp3) is 0.909. The maximum Gasteiger partial charge on any atom is 0.248 e. The third kappa shape index (κ3) is 2.35. The summed E-state index contributed by atoms with van der Waals surface area (Å²) in [4.78, 5) is 11.8. The molecule has 108 valence electrons. The molecule has 1 N–H and O–H groups in total. The van der Waals surface area contributed by atoms with Crippen molar-refractivity contribution in [1.29, 1.82) is 0 Å². The molecule has 3 aliphatic rings. The van der Waals surface area contributed by atoms with Gasteiger partial charge in [0.05, 0.1) is 6.61 Å². The minimum absolute atomic E-state index is 0.0816. The van der Waals surface area contributed by atoms with E-state index in [1.807, 2.05) is 4.72 Å². The van der Waals surface area contributed by atoms with E-state index in [2.05, 4.69) is 0 Å². The van der Waals surface area contributed by atoms with Crippen molar-refractivity contribution in [2.24, 2.45) is 17.8 Å². The second-order valence-electron chi connectivity index (χ2n) is 5.61. The summed E-state index contributed by atoms with van der Waals surface area (Å²) in [5, 5.41) is -0.712. The number of nitrogens with one attached hydrogen (secondary N) is 1. The molecule has 4 atom stereocenters. The van der Waals surface area contributed by atoms with Gasteiger partial charge in [-0.3, -0.25) is 9.52 Å². The van der Waals surface area contributed by atoms with Crippen molar-refractivity contribution in [1.82, 2.24) is 4.72 Å². The molecular weight excluding hydrogens is 280 g/mol. The quantitative estimate of drug-likeness (QED) is 0.823. The molecule has 5 nitrogen and oxygen atoms in total. The fourth-order valence-electron chi connectivity index (χ4n) is 3.21. The summed E-state index contributed by atoms with van der Waals surface area (Å²) in [5.41, 5.74) is 0. The van der Waals surface area contributed by atoms with Gasteiger partial charge < -0.3 is 4.74 Å². The Morgan fingerprint density at radius 1 is 1.26 bits per heavy atom. The monoisotopic (exact) mass is 295 g/mol. The van der Waals surface area contributed by atoms with Crippen LogP contribution in [0.4, 0.5) is 8.78 Å². The highest BCUT2D eigenvalue weighted by atomic mass is 32.2. The summed E-state index contributed by atoms with van der Waals surface area (Å²) in [7, 11) is -3.74. The van der Waals surface area contributed by atoms with Crippen LogP contribution in [-0.4, -0.2) is 38.7 Å². The summed E-state index contributed by atoms with van der Waals surface area (Å²) < 4.78 is 56.7. The molecule has 0 spiro atoms. The van der Waals surface area contributed by atoms with Gasteiger partial charge in [-0.15, -0.1) is 0 Å². The van der Waals surface area contributed by atoms with Crippen molar-refractivity contribution >= 4 is 15.9 Å². The molecule has 3 rings (SSSR count). The minimum Gasteiger partial charge on any atom is -0.380 e. The number of hydrogen-bond donors (Lipinski definition) is 1. The Labute approximate surface area is 109 Å². The molecule has 2 aliphatic carbocycles. The molecule has 19 heavy (non-hydrogen) atoms. The Morgan fingerprint density at radius 3 is 2.42 bits per heavy atom. The van der Waals surface area contributed by atoms with Gasteiger partial charge in [0.25, 0.3) is 0 Å². The first kappa shape index (κ1) is 13.2. The van der Waals surface area contributed by atoms with Crippen molar-refractivity contribution < 1.29 is 26.7 Å². The number of carbonyl (C=O) groups is 1. The lowest BCUT2D eigenvalue weighted by atomic mass is 10.1. The van der Waals surface area contributed by atoms with Crippen LogP contribution >= 0.6 is 0 Å². The number of halogens is 2. The first-order valence-corrected chi connectivity index (χ1v) is 7.86. The number of sulfonamides is 1. The lowest BCUT2D eigenvalue weighted by Gasteiger charge is -2.14. The van der Waals surface area contributed by atoms with Crippen LogP contribution in [-0.2, 0) is 19.6 Å². The average molecular weight is 295 g/mol. The van der Waals surface area contributed by atoms with Crippen LogP contribution in [0, 0.1) is 17.8 Å². The number of alkyl halides is 2. The Bertz CT molecular complexity index is 487. The molecule has 8 heteroatoms. The number of rotatable bonds is 3. The van der Waals surface area contributed by atoms with E-state index < -0.39 is 33.0 Å². The molecule has 0 aromatic rings. The van der Waals surface area contributed by atoms with Gasteiger partial charge in [-0.05, 0) is 18.3 Å². The maximum atomic E-state index is 13.0. The minimum atomic E-state index is -3.74. The number of amides is 1. The van der Waals surface area contributed by atoms with Crippen molar-refractivity contribution in [3.8, 4) is 0 Å². The van der Waals surface area contributed by atoms with Crippen LogP contribution in [0.15, 0.2) is 0 Å². The number of hydrogen-bond acceptors (Lipinski definition) is 4. The number of fused-ring (bicyclic) bond motifs is 1. The van der Waals surface area contributed by atoms with Gasteiger partial charge in [0.2, 0.25) is 21.9 Å². The van der Waals surface area contributed by atoms with E-state index in [9.17, 15) is 22.0 Å². The Morgan fingerprint density at radius 2 is 1.89 bits per heavy atom. The Kier molecular flexibility index (Phi) is 2.87. The lowest BCUT2D eigenvalue weighted by Crippen LogP contribution is -2.40. The summed E-state index contributed by atoms with van der Waals surface area (Å²) >= 11 is 0. The molecule has 1 heterocycles. The van der Waals surface area contributed by atoms with E-state index in [4.69, 9.17) is 4.74 Å². The molecule has 0 bridgehead atoms. The first-order chi connectivity index (χ1) is 8.80. The van der Waals surface area contributed by atoms with E-state index in [0.717, 1.165) is 0 Å². The topological polar surface area (TPSA) is 72.5 Å². The van der Waals surface area contributed by atoms with Crippen LogP contribution in [0.1, 0.15) is 19.3 Å². The Balaban J connectivity index is 1.59. The predicted molar refractivity (Wildman–Crippen MR) is 60.9 cm³/mol. The average Bonchev–Trinajstić information content (AvgIpc) is 2.70. The van der Waals surface area contributed by atoms with E-state index in [1.165, 1.54) is 0 Å². The molecule has 2 unspecified atom stereocenters. The molecule has 2 saturated carbocycles. The molecule has 0 radical (unpaired) electrons. The van der Waals surface area contributed by atoms with Gasteiger partial charge in [-0.25, -0.2) is 17.2 Å². The van der Waals surface area contributed by atoms with Crippen LogP contribution < -0.4 is 4.72 Å². The highest BCUT2D eigenvalue weighted by Crippen LogP contribution is 2.62. The SMILES string of the molecule is O=C(NS(=O)(=O)C1CCOC1)C1[C@H]2CC(F)(F)C[C@@H]12. The van der Waals surface area contributed by atoms with Crippen molar-refractivity contribution in [2.75, 3.05) is 13.2 Å². The van der Waals surface area contributed by atoms with E-state index in [1.54, 1.807) is 0 Å². The zero-order valence-electron chi connectivity index (χ0n) is 10.1. The fourth-order valence-corrected chi connectivity index (χ4v) is 4.48. The van der Waals surface area contributed by atoms with Gasteiger partial charge in [0.1, 0.15) is 5.25 Å². The predicted octanol–water partition coefficient (Wildman–Crippen LogP) is 0.513. The standard InChI is InChI=1S/C11H15F2NO4S/c12-11(13)3-7-8(4-11)9(7)10(15)14-19(16,17)6-1-2-18-5-6/h6-9H,1-5H2,(H,14,15)/t6?,7-,8+,9?. The summed E-state index contributed by atoms with van der Waals surface area (Å²) in [6.07, 6.45) is -0.247. The van der Waals surface area contributed by atoms with Crippen molar-refractivity contribution in [3.63, 3.8) is 0 Å². The Hall–Kier alpha value is -0.760. The van der Waals surface area contributed by atoms with Gasteiger partial charge in [0.15, 0.2) is 0 Å². The highest BCUT2D eigenvalue weighted by molar-refractivity contribution is 7.90. The smallest absolute Gasteiger partial charge is 0.248 e. The van der Waals surface area contributed by atoms with Crippen molar-refractivity contribution in [2.45, 2.75) is 30.4 Å². The number of ether oxygens (including phenoxy) is 1. The third-order valence-electron chi connectivity index (χ3n) is 4.27. The summed E-state index contributed by atoms with van der Waals surface area (Å²) in [6.45, 7) is 0.443. The van der Waals surface area contributed by atoms with E-state index >= 15 is 0 Å². The highest BCUT2D eigenvalue weighted by Gasteiger charge is 2.65. The molecule has 1 aliphatic heterocycles. The van der Waals surface area contributed by atoms with Gasteiger partial charge in [0, 0.05) is 25.4 Å². The molecule has 3 fully saturated rings. The molecule has 0 aromatic heterocycles. The van der Waals surface area contributed by atoms with Crippen LogP contribution in [0.25, 0.3) is 0 Å². The maximum absolute atomic E-state index is 13.0.